The summed E-state index contributed by atoms with van der Waals surface area (Å²) in [6.45, 7) is 3.35. The number of hydrogen-bond acceptors (Lipinski definition) is 3. The minimum atomic E-state index is -1.19. The molecule has 7 heteroatoms. The van der Waals surface area contributed by atoms with Crippen LogP contribution in [0, 0.1) is 0 Å². The molecule has 0 aliphatic carbocycles. The summed E-state index contributed by atoms with van der Waals surface area (Å²) >= 11 is 3.49. The first-order valence-corrected chi connectivity index (χ1v) is 10.1. The van der Waals surface area contributed by atoms with E-state index in [0.29, 0.717) is 11.1 Å². The molecular weight excluding hydrogens is 423 g/mol. The normalized spacial score (nSPS) is 16.5. The maximum atomic E-state index is 14.8. The minimum Gasteiger partial charge on any atom is -0.336 e. The van der Waals surface area contributed by atoms with Gasteiger partial charge in [0.05, 0.1) is 12.1 Å². The lowest BCUT2D eigenvalue weighted by atomic mass is 10.1. The van der Waals surface area contributed by atoms with E-state index in [1.54, 1.807) is 28.9 Å². The summed E-state index contributed by atoms with van der Waals surface area (Å²) in [4.78, 5) is 16.7. The summed E-state index contributed by atoms with van der Waals surface area (Å²) in [5, 5.41) is 5.39. The summed E-state index contributed by atoms with van der Waals surface area (Å²) in [6.07, 6.45) is 0.651. The van der Waals surface area contributed by atoms with Crippen molar-refractivity contribution in [1.82, 2.24) is 19.6 Å². The molecule has 5 nitrogen and oxygen atoms in total. The van der Waals surface area contributed by atoms with Crippen molar-refractivity contribution in [1.29, 1.82) is 0 Å². The number of alkyl halides is 1. The monoisotopic (exact) mass is 444 g/mol. The number of rotatable bonds is 4. The third-order valence-corrected chi connectivity index (χ3v) is 5.89. The highest BCUT2D eigenvalue weighted by Crippen LogP contribution is 2.25. The number of likely N-dealkylation sites (N-methyl/N-ethyl adjacent to an activating group) is 1. The van der Waals surface area contributed by atoms with E-state index >= 15 is 0 Å². The Morgan fingerprint density at radius 3 is 2.54 bits per heavy atom. The molecular formula is C21H22BrFN4O. The third kappa shape index (κ3) is 3.95. The van der Waals surface area contributed by atoms with Crippen LogP contribution < -0.4 is 0 Å². The lowest BCUT2D eigenvalue weighted by Gasteiger charge is -2.32. The predicted octanol–water partition coefficient (Wildman–Crippen LogP) is 3.90. The van der Waals surface area contributed by atoms with Crippen molar-refractivity contribution in [3.05, 3.63) is 64.3 Å². The molecule has 2 heterocycles. The van der Waals surface area contributed by atoms with Crippen LogP contribution in [0.3, 0.4) is 0 Å². The van der Waals surface area contributed by atoms with Gasteiger partial charge in [0.1, 0.15) is 6.17 Å². The molecule has 1 aliphatic rings. The van der Waals surface area contributed by atoms with Crippen LogP contribution in [0.5, 0.6) is 0 Å². The molecule has 1 atom stereocenters. The van der Waals surface area contributed by atoms with Gasteiger partial charge in [-0.1, -0.05) is 34.1 Å². The van der Waals surface area contributed by atoms with Crippen molar-refractivity contribution >= 4 is 32.7 Å². The standard InChI is InChI=1S/C21H22BrFN4O/c1-25-9-11-26(12-10-25)21(28)16-7-5-15(6-8-16)19(23)14-27-13-17-18(22)3-2-4-20(17)24-27/h2-8,13,19H,9-12,14H2,1H3/t19-/m0/s1. The van der Waals surface area contributed by atoms with E-state index in [1.807, 2.05) is 29.3 Å². The molecule has 2 aromatic carbocycles. The van der Waals surface area contributed by atoms with Gasteiger partial charge in [-0.2, -0.15) is 5.10 Å². The lowest BCUT2D eigenvalue weighted by molar-refractivity contribution is 0.0664. The van der Waals surface area contributed by atoms with E-state index in [4.69, 9.17) is 0 Å². The van der Waals surface area contributed by atoms with Crippen LogP contribution in [0.4, 0.5) is 4.39 Å². The number of amides is 1. The van der Waals surface area contributed by atoms with Crippen molar-refractivity contribution in [2.45, 2.75) is 12.7 Å². The van der Waals surface area contributed by atoms with Gasteiger partial charge in [0, 0.05) is 47.8 Å². The Bertz CT molecular complexity index is 980. The Balaban J connectivity index is 1.44. The van der Waals surface area contributed by atoms with Crippen LogP contribution in [0.25, 0.3) is 10.9 Å². The number of carbonyl (C=O) groups excluding carboxylic acids is 1. The van der Waals surface area contributed by atoms with Crippen LogP contribution in [-0.2, 0) is 6.54 Å². The quantitative estimate of drug-likeness (QED) is 0.612. The maximum Gasteiger partial charge on any atom is 0.253 e. The second-order valence-electron chi connectivity index (χ2n) is 7.21. The fraction of sp³-hybridized carbons (Fsp3) is 0.333. The average molecular weight is 445 g/mol. The maximum absolute atomic E-state index is 14.8. The molecule has 1 aromatic heterocycles. The number of carbonyl (C=O) groups is 1. The second-order valence-corrected chi connectivity index (χ2v) is 8.06. The number of hydrogen-bond donors (Lipinski definition) is 0. The Morgan fingerprint density at radius 2 is 1.86 bits per heavy atom. The molecule has 1 saturated heterocycles. The van der Waals surface area contributed by atoms with Crippen LogP contribution in [0.15, 0.2) is 53.1 Å². The fourth-order valence-corrected chi connectivity index (χ4v) is 3.90. The summed E-state index contributed by atoms with van der Waals surface area (Å²) in [5.74, 6) is 0.0123. The second kappa shape index (κ2) is 8.01. The number of nitrogens with zero attached hydrogens (tertiary/aromatic N) is 4. The zero-order valence-corrected chi connectivity index (χ0v) is 17.3. The van der Waals surface area contributed by atoms with Crippen molar-refractivity contribution in [2.24, 2.45) is 0 Å². The first kappa shape index (κ1) is 19.1. The van der Waals surface area contributed by atoms with Gasteiger partial charge in [0.2, 0.25) is 0 Å². The largest absolute Gasteiger partial charge is 0.336 e. The highest BCUT2D eigenvalue weighted by molar-refractivity contribution is 9.10. The van der Waals surface area contributed by atoms with Gasteiger partial charge in [-0.3, -0.25) is 9.48 Å². The Kier molecular flexibility index (Phi) is 5.46. The highest BCUT2D eigenvalue weighted by Gasteiger charge is 2.21. The molecule has 0 saturated carbocycles. The molecule has 0 spiro atoms. The molecule has 3 aromatic rings. The van der Waals surface area contributed by atoms with Crippen LogP contribution in [0.1, 0.15) is 22.1 Å². The highest BCUT2D eigenvalue weighted by atomic mass is 79.9. The SMILES string of the molecule is CN1CCN(C(=O)c2ccc([C@@H](F)Cn3cc4c(Br)cccc4n3)cc2)CC1. The third-order valence-electron chi connectivity index (χ3n) is 5.20. The summed E-state index contributed by atoms with van der Waals surface area (Å²) < 4.78 is 17.4. The van der Waals surface area contributed by atoms with E-state index < -0.39 is 6.17 Å². The van der Waals surface area contributed by atoms with Gasteiger partial charge in [-0.15, -0.1) is 0 Å². The average Bonchev–Trinajstić information content (AvgIpc) is 3.12. The molecule has 1 amide bonds. The Hall–Kier alpha value is -2.25. The number of aromatic nitrogens is 2. The van der Waals surface area contributed by atoms with E-state index in [9.17, 15) is 9.18 Å². The molecule has 1 fully saturated rings. The van der Waals surface area contributed by atoms with Gasteiger partial charge in [-0.25, -0.2) is 4.39 Å². The molecule has 28 heavy (non-hydrogen) atoms. The van der Waals surface area contributed by atoms with Crippen LogP contribution in [0.2, 0.25) is 0 Å². The Morgan fingerprint density at radius 1 is 1.14 bits per heavy atom. The zero-order chi connectivity index (χ0) is 19.7. The fourth-order valence-electron chi connectivity index (χ4n) is 3.45. The summed E-state index contributed by atoms with van der Waals surface area (Å²) in [5.41, 5.74) is 1.98. The topological polar surface area (TPSA) is 41.4 Å². The predicted molar refractivity (Wildman–Crippen MR) is 111 cm³/mol. The van der Waals surface area contributed by atoms with Gasteiger partial charge in [-0.05, 0) is 36.9 Å². The summed E-state index contributed by atoms with van der Waals surface area (Å²) in [7, 11) is 2.05. The van der Waals surface area contributed by atoms with Crippen molar-refractivity contribution in [3.63, 3.8) is 0 Å². The van der Waals surface area contributed by atoms with E-state index in [-0.39, 0.29) is 12.5 Å². The molecule has 0 unspecified atom stereocenters. The molecule has 0 N–H and O–H groups in total. The number of fused-ring (bicyclic) bond motifs is 1. The van der Waals surface area contributed by atoms with E-state index in [0.717, 1.165) is 41.6 Å². The van der Waals surface area contributed by atoms with Gasteiger partial charge < -0.3 is 9.80 Å². The first-order valence-electron chi connectivity index (χ1n) is 9.35. The van der Waals surface area contributed by atoms with E-state index in [1.165, 1.54) is 0 Å². The van der Waals surface area contributed by atoms with E-state index in [2.05, 4.69) is 33.0 Å². The van der Waals surface area contributed by atoms with Crippen molar-refractivity contribution < 1.29 is 9.18 Å². The van der Waals surface area contributed by atoms with Gasteiger partial charge in [0.15, 0.2) is 0 Å². The molecule has 0 bridgehead atoms. The number of benzene rings is 2. The lowest BCUT2D eigenvalue weighted by Crippen LogP contribution is -2.47. The molecule has 0 radical (unpaired) electrons. The number of halogens is 2. The van der Waals surface area contributed by atoms with Gasteiger partial charge >= 0.3 is 0 Å². The molecule has 4 rings (SSSR count). The minimum absolute atomic E-state index is 0.0123. The van der Waals surface area contributed by atoms with Crippen molar-refractivity contribution in [2.75, 3.05) is 33.2 Å². The van der Waals surface area contributed by atoms with Gasteiger partial charge in [0.25, 0.3) is 5.91 Å². The molecule has 146 valence electrons. The smallest absolute Gasteiger partial charge is 0.253 e. The van der Waals surface area contributed by atoms with Crippen LogP contribution >= 0.6 is 15.9 Å². The zero-order valence-electron chi connectivity index (χ0n) is 15.7. The summed E-state index contributed by atoms with van der Waals surface area (Å²) in [6, 6.07) is 12.6. The van der Waals surface area contributed by atoms with Crippen LogP contribution in [-0.4, -0.2) is 58.7 Å². The molecule has 1 aliphatic heterocycles. The van der Waals surface area contributed by atoms with Crippen molar-refractivity contribution in [3.8, 4) is 0 Å². The number of piperazine rings is 1. The Labute approximate surface area is 171 Å². The first-order chi connectivity index (χ1) is 13.5.